The average molecular weight is 166 g/mol. The number of hydrogen-bond acceptors (Lipinski definition) is 2. The third kappa shape index (κ3) is 0.853. The monoisotopic (exact) mass is 166 g/mol. The third-order valence-electron chi connectivity index (χ3n) is 3.87. The van der Waals surface area contributed by atoms with Gasteiger partial charge in [0, 0.05) is 5.82 Å². The molecule has 0 radical (unpaired) electrons. The molecule has 0 N–H and O–H groups in total. The SMILES string of the molecule is COC(=O)[C@H]1BCC2C1C2(C)C. The van der Waals surface area contributed by atoms with Gasteiger partial charge in [-0.3, -0.25) is 4.79 Å². The van der Waals surface area contributed by atoms with Crippen molar-refractivity contribution in [3.05, 3.63) is 0 Å². The van der Waals surface area contributed by atoms with Gasteiger partial charge in [0.15, 0.2) is 0 Å². The predicted octanol–water partition coefficient (Wildman–Crippen LogP) is 1.09. The molecule has 0 amide bonds. The first-order chi connectivity index (χ1) is 5.59. The van der Waals surface area contributed by atoms with E-state index in [0.717, 1.165) is 13.2 Å². The summed E-state index contributed by atoms with van der Waals surface area (Å²) in [4.78, 5) is 11.3. The molecule has 2 unspecified atom stereocenters. The van der Waals surface area contributed by atoms with Crippen LogP contribution >= 0.6 is 0 Å². The normalized spacial score (nSPS) is 41.4. The number of carbonyl (C=O) groups excluding carboxylic acids is 1. The van der Waals surface area contributed by atoms with Crippen LogP contribution in [-0.2, 0) is 9.53 Å². The molecule has 3 heteroatoms. The van der Waals surface area contributed by atoms with E-state index in [0.29, 0.717) is 11.3 Å². The maximum Gasteiger partial charge on any atom is 0.301 e. The quantitative estimate of drug-likeness (QED) is 0.430. The van der Waals surface area contributed by atoms with Gasteiger partial charge in [0.1, 0.15) is 7.28 Å². The largest absolute Gasteiger partial charge is 0.469 e. The van der Waals surface area contributed by atoms with Crippen molar-refractivity contribution in [2.24, 2.45) is 17.3 Å². The summed E-state index contributed by atoms with van der Waals surface area (Å²) < 4.78 is 4.79. The molecule has 0 aromatic rings. The lowest BCUT2D eigenvalue weighted by molar-refractivity contribution is -0.141. The molecular weight excluding hydrogens is 151 g/mol. The first-order valence-corrected chi connectivity index (χ1v) is 4.67. The van der Waals surface area contributed by atoms with E-state index in [1.54, 1.807) is 0 Å². The molecule has 1 aliphatic carbocycles. The van der Waals surface area contributed by atoms with E-state index in [4.69, 9.17) is 4.74 Å². The Morgan fingerprint density at radius 2 is 2.25 bits per heavy atom. The molecule has 1 aliphatic heterocycles. The molecule has 2 nitrogen and oxygen atoms in total. The minimum atomic E-state index is 0.00748. The van der Waals surface area contributed by atoms with Crippen LogP contribution in [0.4, 0.5) is 0 Å². The maximum absolute atomic E-state index is 11.3. The van der Waals surface area contributed by atoms with Gasteiger partial charge in [-0.15, -0.1) is 0 Å². The Kier molecular flexibility index (Phi) is 1.54. The molecule has 1 heterocycles. The zero-order valence-electron chi connectivity index (χ0n) is 7.96. The molecule has 0 aromatic carbocycles. The molecule has 2 rings (SSSR count). The third-order valence-corrected chi connectivity index (χ3v) is 3.87. The lowest BCUT2D eigenvalue weighted by Crippen LogP contribution is -2.18. The Bertz CT molecular complexity index is 225. The van der Waals surface area contributed by atoms with Gasteiger partial charge in [-0.1, -0.05) is 20.2 Å². The van der Waals surface area contributed by atoms with Crippen LogP contribution in [0.3, 0.4) is 0 Å². The van der Waals surface area contributed by atoms with Gasteiger partial charge in [0.2, 0.25) is 0 Å². The summed E-state index contributed by atoms with van der Waals surface area (Å²) in [5, 5.41) is 0. The summed E-state index contributed by atoms with van der Waals surface area (Å²) in [5.74, 6) is 1.62. The van der Waals surface area contributed by atoms with Crippen molar-refractivity contribution in [2.45, 2.75) is 26.0 Å². The molecule has 66 valence electrons. The van der Waals surface area contributed by atoms with E-state index in [1.807, 2.05) is 0 Å². The van der Waals surface area contributed by atoms with Crippen molar-refractivity contribution in [2.75, 3.05) is 7.11 Å². The van der Waals surface area contributed by atoms with E-state index in [2.05, 4.69) is 13.8 Å². The molecule has 0 aromatic heterocycles. The van der Waals surface area contributed by atoms with Gasteiger partial charge < -0.3 is 4.74 Å². The van der Waals surface area contributed by atoms with E-state index in [-0.39, 0.29) is 11.8 Å². The molecular formula is C9H15BO2. The van der Waals surface area contributed by atoms with Crippen molar-refractivity contribution in [1.82, 2.24) is 0 Å². The summed E-state index contributed by atoms with van der Waals surface area (Å²) in [6, 6.07) is 0. The van der Waals surface area contributed by atoms with E-state index in [1.165, 1.54) is 13.4 Å². The van der Waals surface area contributed by atoms with Gasteiger partial charge in [-0.25, -0.2) is 0 Å². The van der Waals surface area contributed by atoms with Crippen molar-refractivity contribution >= 4 is 13.2 Å². The van der Waals surface area contributed by atoms with Crippen LogP contribution < -0.4 is 0 Å². The Balaban J connectivity index is 2.08. The highest BCUT2D eigenvalue weighted by atomic mass is 16.5. The van der Waals surface area contributed by atoms with Crippen LogP contribution in [-0.4, -0.2) is 20.4 Å². The Morgan fingerprint density at radius 1 is 1.58 bits per heavy atom. The lowest BCUT2D eigenvalue weighted by Gasteiger charge is -2.13. The van der Waals surface area contributed by atoms with Gasteiger partial charge in [0.05, 0.1) is 7.11 Å². The summed E-state index contributed by atoms with van der Waals surface area (Å²) in [6.45, 7) is 4.52. The highest BCUT2D eigenvalue weighted by Crippen LogP contribution is 2.69. The second-order valence-electron chi connectivity index (χ2n) is 4.66. The van der Waals surface area contributed by atoms with Gasteiger partial charge in [-0.2, -0.15) is 0 Å². The number of ether oxygens (including phenoxy) is 1. The number of hydrogen-bond donors (Lipinski definition) is 0. The highest BCUT2D eigenvalue weighted by Gasteiger charge is 2.65. The van der Waals surface area contributed by atoms with Crippen LogP contribution in [0.15, 0.2) is 0 Å². The van der Waals surface area contributed by atoms with Crippen LogP contribution in [0.25, 0.3) is 0 Å². The molecule has 1 saturated carbocycles. The molecule has 0 bridgehead atoms. The minimum absolute atomic E-state index is 0.00748. The first-order valence-electron chi connectivity index (χ1n) is 4.67. The Hall–Kier alpha value is -0.465. The first kappa shape index (κ1) is 8.15. The van der Waals surface area contributed by atoms with E-state index < -0.39 is 0 Å². The number of methoxy groups -OCH3 is 1. The van der Waals surface area contributed by atoms with Crippen molar-refractivity contribution in [3.63, 3.8) is 0 Å². The fourth-order valence-corrected chi connectivity index (χ4v) is 3.09. The van der Waals surface area contributed by atoms with Crippen LogP contribution in [0.1, 0.15) is 13.8 Å². The minimum Gasteiger partial charge on any atom is -0.469 e. The standard InChI is InChI=1S/C9H15BO2/c1-9(2)5-4-10-7(6(5)9)8(11)12-3/h5-7,10H,4H2,1-3H3/t5?,6?,7-/m0/s1. The van der Waals surface area contributed by atoms with Crippen LogP contribution in [0, 0.1) is 17.3 Å². The van der Waals surface area contributed by atoms with Crippen molar-refractivity contribution < 1.29 is 9.53 Å². The summed E-state index contributed by atoms with van der Waals surface area (Å²) in [5.41, 5.74) is 0.414. The van der Waals surface area contributed by atoms with Gasteiger partial charge >= 0.3 is 5.97 Å². The molecule has 1 saturated heterocycles. The molecule has 2 fully saturated rings. The lowest BCUT2D eigenvalue weighted by atomic mass is 9.61. The number of fused-ring (bicyclic) bond motifs is 1. The zero-order valence-corrected chi connectivity index (χ0v) is 7.96. The maximum atomic E-state index is 11.3. The van der Waals surface area contributed by atoms with Crippen LogP contribution in [0.2, 0.25) is 12.1 Å². The summed E-state index contributed by atoms with van der Waals surface area (Å²) in [7, 11) is 2.54. The van der Waals surface area contributed by atoms with Crippen LogP contribution in [0.5, 0.6) is 0 Å². The van der Waals surface area contributed by atoms with Gasteiger partial charge in [-0.05, 0) is 17.3 Å². The number of carbonyl (C=O) groups is 1. The van der Waals surface area contributed by atoms with Gasteiger partial charge in [0.25, 0.3) is 0 Å². The second-order valence-corrected chi connectivity index (χ2v) is 4.66. The average Bonchev–Trinajstić information content (AvgIpc) is 2.52. The van der Waals surface area contributed by atoms with Crippen molar-refractivity contribution in [1.29, 1.82) is 0 Å². The molecule has 3 atom stereocenters. The Morgan fingerprint density at radius 3 is 2.67 bits per heavy atom. The molecule has 2 aliphatic rings. The summed E-state index contributed by atoms with van der Waals surface area (Å²) in [6.07, 6.45) is 1.22. The fourth-order valence-electron chi connectivity index (χ4n) is 3.09. The number of esters is 1. The fraction of sp³-hybridized carbons (Fsp3) is 0.889. The second kappa shape index (κ2) is 2.27. The van der Waals surface area contributed by atoms with E-state index in [9.17, 15) is 4.79 Å². The topological polar surface area (TPSA) is 26.3 Å². The Labute approximate surface area is 73.9 Å². The number of rotatable bonds is 1. The summed E-state index contributed by atoms with van der Waals surface area (Å²) >= 11 is 0. The zero-order chi connectivity index (χ0) is 8.93. The van der Waals surface area contributed by atoms with Crippen molar-refractivity contribution in [3.8, 4) is 0 Å². The van der Waals surface area contributed by atoms with E-state index >= 15 is 0 Å². The molecule has 0 spiro atoms. The predicted molar refractivity (Wildman–Crippen MR) is 48.5 cm³/mol. The molecule has 12 heavy (non-hydrogen) atoms. The highest BCUT2D eigenvalue weighted by molar-refractivity contribution is 6.45. The smallest absolute Gasteiger partial charge is 0.301 e.